The van der Waals surface area contributed by atoms with Crippen molar-refractivity contribution in [3.05, 3.63) is 11.9 Å². The number of aromatic nitrogens is 3. The first-order valence-electron chi connectivity index (χ1n) is 7.58. The van der Waals surface area contributed by atoms with E-state index >= 15 is 0 Å². The van der Waals surface area contributed by atoms with Crippen molar-refractivity contribution in [3.63, 3.8) is 0 Å². The molecule has 1 aliphatic heterocycles. The summed E-state index contributed by atoms with van der Waals surface area (Å²) in [4.78, 5) is 4.85. The van der Waals surface area contributed by atoms with Gasteiger partial charge in [0, 0.05) is 25.8 Å². The fourth-order valence-corrected chi connectivity index (χ4v) is 2.76. The van der Waals surface area contributed by atoms with Gasteiger partial charge in [-0.15, -0.1) is 5.10 Å². The predicted octanol–water partition coefficient (Wildman–Crippen LogP) is 0.271. The summed E-state index contributed by atoms with van der Waals surface area (Å²) in [6, 6.07) is 0. The van der Waals surface area contributed by atoms with Crippen LogP contribution in [0.1, 0.15) is 18.5 Å². The summed E-state index contributed by atoms with van der Waals surface area (Å²) in [5.41, 5.74) is 1.01. The fraction of sp³-hybridized carbons (Fsp3) is 0.857. The predicted molar refractivity (Wildman–Crippen MR) is 80.5 cm³/mol. The second-order valence-electron chi connectivity index (χ2n) is 6.01. The Kier molecular flexibility index (Phi) is 5.94. The van der Waals surface area contributed by atoms with E-state index in [1.165, 1.54) is 32.5 Å². The molecule has 1 aromatic heterocycles. The van der Waals surface area contributed by atoms with E-state index in [-0.39, 0.29) is 0 Å². The molecule has 2 rings (SSSR count). The molecule has 1 saturated heterocycles. The Balaban J connectivity index is 1.67. The van der Waals surface area contributed by atoms with Crippen molar-refractivity contribution in [3.8, 4) is 0 Å². The molecule has 0 radical (unpaired) electrons. The molecule has 1 N–H and O–H groups in total. The summed E-state index contributed by atoms with van der Waals surface area (Å²) < 4.78 is 1.94. The number of hydrogen-bond acceptors (Lipinski definition) is 5. The molecule has 20 heavy (non-hydrogen) atoms. The minimum atomic E-state index is 0.783. The summed E-state index contributed by atoms with van der Waals surface area (Å²) >= 11 is 0. The molecular formula is C14H28N6. The summed E-state index contributed by atoms with van der Waals surface area (Å²) in [6.45, 7) is 6.43. The zero-order valence-electron chi connectivity index (χ0n) is 13.0. The zero-order valence-corrected chi connectivity index (χ0v) is 13.0. The average Bonchev–Trinajstić information content (AvgIpc) is 2.87. The second kappa shape index (κ2) is 7.71. The molecule has 6 heteroatoms. The largest absolute Gasteiger partial charge is 0.314 e. The molecule has 6 nitrogen and oxygen atoms in total. The Hall–Kier alpha value is -0.980. The first-order valence-corrected chi connectivity index (χ1v) is 7.58. The van der Waals surface area contributed by atoms with Crippen LogP contribution in [0.4, 0.5) is 0 Å². The van der Waals surface area contributed by atoms with Crippen molar-refractivity contribution in [2.75, 3.05) is 47.3 Å². The van der Waals surface area contributed by atoms with Gasteiger partial charge in [0.05, 0.1) is 12.2 Å². The zero-order chi connectivity index (χ0) is 14.4. The van der Waals surface area contributed by atoms with Crippen LogP contribution in [0.2, 0.25) is 0 Å². The maximum Gasteiger partial charge on any atom is 0.0964 e. The van der Waals surface area contributed by atoms with Crippen LogP contribution in [0.25, 0.3) is 0 Å². The average molecular weight is 280 g/mol. The van der Waals surface area contributed by atoms with Crippen LogP contribution in [-0.2, 0) is 13.1 Å². The fourth-order valence-electron chi connectivity index (χ4n) is 2.76. The van der Waals surface area contributed by atoms with Crippen molar-refractivity contribution in [2.24, 2.45) is 5.92 Å². The highest BCUT2D eigenvalue weighted by atomic mass is 15.4. The van der Waals surface area contributed by atoms with Crippen molar-refractivity contribution in [1.82, 2.24) is 30.1 Å². The molecule has 1 fully saturated rings. The van der Waals surface area contributed by atoms with E-state index in [1.54, 1.807) is 0 Å². The van der Waals surface area contributed by atoms with Gasteiger partial charge in [-0.2, -0.15) is 0 Å². The van der Waals surface area contributed by atoms with Gasteiger partial charge in [-0.3, -0.25) is 4.68 Å². The highest BCUT2D eigenvalue weighted by molar-refractivity contribution is 4.91. The third-order valence-electron chi connectivity index (χ3n) is 4.06. The molecule has 0 aromatic carbocycles. The van der Waals surface area contributed by atoms with E-state index in [2.05, 4.69) is 39.5 Å². The quantitative estimate of drug-likeness (QED) is 0.777. The lowest BCUT2D eigenvalue weighted by molar-refractivity contribution is 0.173. The molecule has 1 aromatic rings. The van der Waals surface area contributed by atoms with E-state index in [0.29, 0.717) is 0 Å². The number of likely N-dealkylation sites (N-methyl/N-ethyl adjacent to an activating group) is 1. The molecule has 2 heterocycles. The molecule has 0 bridgehead atoms. The van der Waals surface area contributed by atoms with Gasteiger partial charge in [-0.25, -0.2) is 0 Å². The van der Waals surface area contributed by atoms with E-state index in [0.717, 1.165) is 31.2 Å². The van der Waals surface area contributed by atoms with Crippen LogP contribution in [0.15, 0.2) is 6.20 Å². The normalized spacial score (nSPS) is 18.0. The number of hydrogen-bond donors (Lipinski definition) is 1. The number of rotatable bonds is 7. The summed E-state index contributed by atoms with van der Waals surface area (Å²) in [5, 5.41) is 11.4. The second-order valence-corrected chi connectivity index (χ2v) is 6.01. The van der Waals surface area contributed by atoms with Gasteiger partial charge >= 0.3 is 0 Å². The van der Waals surface area contributed by atoms with Crippen LogP contribution in [0.3, 0.4) is 0 Å². The molecule has 0 amide bonds. The van der Waals surface area contributed by atoms with Crippen molar-refractivity contribution in [2.45, 2.75) is 25.9 Å². The Morgan fingerprint density at radius 2 is 2.15 bits per heavy atom. The number of piperidine rings is 1. The first-order chi connectivity index (χ1) is 9.67. The Morgan fingerprint density at radius 1 is 1.40 bits per heavy atom. The van der Waals surface area contributed by atoms with E-state index in [4.69, 9.17) is 0 Å². The topological polar surface area (TPSA) is 49.2 Å². The third-order valence-corrected chi connectivity index (χ3v) is 4.06. The third kappa shape index (κ3) is 4.85. The minimum Gasteiger partial charge on any atom is -0.314 e. The number of nitrogens with zero attached hydrogens (tertiary/aromatic N) is 5. The number of likely N-dealkylation sites (tertiary alicyclic amines) is 1. The van der Waals surface area contributed by atoms with Crippen molar-refractivity contribution < 1.29 is 0 Å². The van der Waals surface area contributed by atoms with Crippen LogP contribution >= 0.6 is 0 Å². The number of nitrogens with one attached hydrogen (secondary N) is 1. The Labute approximate surface area is 122 Å². The van der Waals surface area contributed by atoms with Gasteiger partial charge in [-0.05, 0) is 53.0 Å². The lowest BCUT2D eigenvalue weighted by Gasteiger charge is -2.31. The lowest BCUT2D eigenvalue weighted by atomic mass is 9.97. The molecule has 0 atom stereocenters. The van der Waals surface area contributed by atoms with Gasteiger partial charge in [0.1, 0.15) is 0 Å². The monoisotopic (exact) mass is 280 g/mol. The van der Waals surface area contributed by atoms with Gasteiger partial charge in [0.15, 0.2) is 0 Å². The van der Waals surface area contributed by atoms with Gasteiger partial charge in [0.2, 0.25) is 0 Å². The lowest BCUT2D eigenvalue weighted by Crippen LogP contribution is -2.36. The maximum absolute atomic E-state index is 4.16. The first kappa shape index (κ1) is 15.4. The van der Waals surface area contributed by atoms with Gasteiger partial charge < -0.3 is 15.1 Å². The van der Waals surface area contributed by atoms with Crippen LogP contribution in [0.5, 0.6) is 0 Å². The van der Waals surface area contributed by atoms with Crippen molar-refractivity contribution >= 4 is 0 Å². The van der Waals surface area contributed by atoms with Gasteiger partial charge in [-0.1, -0.05) is 5.21 Å². The molecule has 0 spiro atoms. The maximum atomic E-state index is 4.16. The standard InChI is InChI=1S/C14H28N6/c1-15-10-14-12-20(17-16-14)9-8-19(3)11-13-4-6-18(2)7-5-13/h12-13,15H,4-11H2,1-3H3. The van der Waals surface area contributed by atoms with E-state index in [1.807, 2.05) is 17.9 Å². The van der Waals surface area contributed by atoms with Crippen LogP contribution < -0.4 is 5.32 Å². The molecule has 1 aliphatic rings. The smallest absolute Gasteiger partial charge is 0.0964 e. The van der Waals surface area contributed by atoms with E-state index in [9.17, 15) is 0 Å². The molecule has 0 saturated carbocycles. The molecule has 0 unspecified atom stereocenters. The summed E-state index contributed by atoms with van der Waals surface area (Å²) in [6.07, 6.45) is 4.69. The van der Waals surface area contributed by atoms with Crippen molar-refractivity contribution in [1.29, 1.82) is 0 Å². The minimum absolute atomic E-state index is 0.783. The molecule has 0 aliphatic carbocycles. The van der Waals surface area contributed by atoms with E-state index < -0.39 is 0 Å². The van der Waals surface area contributed by atoms with Crippen LogP contribution in [0, 0.1) is 5.92 Å². The Bertz CT molecular complexity index is 383. The SMILES string of the molecule is CNCc1cn(CCN(C)CC2CCN(C)CC2)nn1. The molecular weight excluding hydrogens is 252 g/mol. The van der Waals surface area contributed by atoms with Crippen LogP contribution in [-0.4, -0.2) is 72.1 Å². The Morgan fingerprint density at radius 3 is 2.85 bits per heavy atom. The highest BCUT2D eigenvalue weighted by Gasteiger charge is 2.17. The summed E-state index contributed by atoms with van der Waals surface area (Å²) in [7, 11) is 6.35. The molecule has 114 valence electrons. The highest BCUT2D eigenvalue weighted by Crippen LogP contribution is 2.16. The van der Waals surface area contributed by atoms with Gasteiger partial charge in [0.25, 0.3) is 0 Å². The summed E-state index contributed by atoms with van der Waals surface area (Å²) in [5.74, 6) is 0.854.